The predicted molar refractivity (Wildman–Crippen MR) is 93.3 cm³/mol. The van der Waals surface area contributed by atoms with Gasteiger partial charge in [-0.2, -0.15) is 0 Å². The Kier molecular flexibility index (Phi) is 4.95. The summed E-state index contributed by atoms with van der Waals surface area (Å²) in [5.74, 6) is 1.35. The highest BCUT2D eigenvalue weighted by atomic mass is 19.1. The fourth-order valence-electron chi connectivity index (χ4n) is 3.03. The molecule has 25 heavy (non-hydrogen) atoms. The van der Waals surface area contributed by atoms with E-state index < -0.39 is 11.6 Å². The first-order chi connectivity index (χ1) is 12.1. The Morgan fingerprint density at radius 3 is 2.68 bits per heavy atom. The second kappa shape index (κ2) is 7.31. The van der Waals surface area contributed by atoms with Crippen LogP contribution >= 0.6 is 0 Å². The third-order valence-corrected chi connectivity index (χ3v) is 4.25. The van der Waals surface area contributed by atoms with Crippen LogP contribution in [0.4, 0.5) is 8.78 Å². The Labute approximate surface area is 145 Å². The summed E-state index contributed by atoms with van der Waals surface area (Å²) in [6.45, 7) is 0.226. The van der Waals surface area contributed by atoms with Gasteiger partial charge in [0, 0.05) is 24.9 Å². The summed E-state index contributed by atoms with van der Waals surface area (Å²) in [7, 11) is 0. The standard InChI is InChI=1S/C21H17F2NO/c1-2-3-9-21(25)24-14-16(18-13-17(22)10-11-19(18)23)12-20(24)15-7-5-4-6-8-15/h1,4-8,10-13,20H,3,9,14H2/t20-/m0/s1. The van der Waals surface area contributed by atoms with Crippen LogP contribution in [0.15, 0.2) is 54.6 Å². The Hall–Kier alpha value is -2.93. The molecule has 1 amide bonds. The van der Waals surface area contributed by atoms with E-state index in [9.17, 15) is 13.6 Å². The molecular formula is C21H17F2NO. The van der Waals surface area contributed by atoms with Gasteiger partial charge in [0.25, 0.3) is 0 Å². The number of carbonyl (C=O) groups excluding carboxylic acids is 1. The van der Waals surface area contributed by atoms with Crippen molar-refractivity contribution in [1.29, 1.82) is 0 Å². The lowest BCUT2D eigenvalue weighted by molar-refractivity contribution is -0.131. The molecule has 1 aliphatic rings. The van der Waals surface area contributed by atoms with Crippen LogP contribution in [0.25, 0.3) is 5.57 Å². The summed E-state index contributed by atoms with van der Waals surface area (Å²) in [5, 5.41) is 0. The molecule has 0 aromatic heterocycles. The molecule has 0 unspecified atom stereocenters. The van der Waals surface area contributed by atoms with Crippen LogP contribution < -0.4 is 0 Å². The van der Waals surface area contributed by atoms with Crippen LogP contribution in [0, 0.1) is 24.0 Å². The van der Waals surface area contributed by atoms with Crippen molar-refractivity contribution in [2.75, 3.05) is 6.54 Å². The van der Waals surface area contributed by atoms with Crippen LogP contribution in [-0.2, 0) is 4.79 Å². The lowest BCUT2D eigenvalue weighted by Gasteiger charge is -2.25. The Bertz CT molecular complexity index is 852. The van der Waals surface area contributed by atoms with E-state index in [-0.39, 0.29) is 30.5 Å². The van der Waals surface area contributed by atoms with Gasteiger partial charge in [0.1, 0.15) is 11.6 Å². The molecule has 2 nitrogen and oxygen atoms in total. The number of amides is 1. The van der Waals surface area contributed by atoms with Crippen molar-refractivity contribution in [3.8, 4) is 12.3 Å². The molecule has 0 spiro atoms. The maximum absolute atomic E-state index is 14.1. The number of terminal acetylenes is 1. The van der Waals surface area contributed by atoms with E-state index in [0.29, 0.717) is 12.0 Å². The zero-order valence-corrected chi connectivity index (χ0v) is 13.6. The Morgan fingerprint density at radius 2 is 1.96 bits per heavy atom. The zero-order chi connectivity index (χ0) is 17.8. The summed E-state index contributed by atoms with van der Waals surface area (Å²) in [4.78, 5) is 14.2. The lowest BCUT2D eigenvalue weighted by atomic mass is 10.0. The maximum Gasteiger partial charge on any atom is 0.224 e. The minimum atomic E-state index is -0.509. The minimum absolute atomic E-state index is 0.102. The van der Waals surface area contributed by atoms with Gasteiger partial charge in [-0.1, -0.05) is 36.4 Å². The van der Waals surface area contributed by atoms with Crippen LogP contribution in [-0.4, -0.2) is 17.4 Å². The van der Waals surface area contributed by atoms with Gasteiger partial charge in [0.15, 0.2) is 0 Å². The van der Waals surface area contributed by atoms with E-state index in [1.807, 2.05) is 36.4 Å². The van der Waals surface area contributed by atoms with Gasteiger partial charge in [0.05, 0.1) is 6.04 Å². The third kappa shape index (κ3) is 3.61. The molecule has 3 rings (SSSR count). The number of hydrogen-bond acceptors (Lipinski definition) is 1. The first kappa shape index (κ1) is 16.9. The van der Waals surface area contributed by atoms with Crippen molar-refractivity contribution in [1.82, 2.24) is 4.90 Å². The molecule has 4 heteroatoms. The topological polar surface area (TPSA) is 20.3 Å². The lowest BCUT2D eigenvalue weighted by Crippen LogP contribution is -2.31. The van der Waals surface area contributed by atoms with Gasteiger partial charge < -0.3 is 4.90 Å². The van der Waals surface area contributed by atoms with E-state index in [2.05, 4.69) is 5.92 Å². The molecule has 2 aromatic rings. The maximum atomic E-state index is 14.1. The highest BCUT2D eigenvalue weighted by molar-refractivity contribution is 5.83. The molecule has 1 aliphatic heterocycles. The molecule has 0 bridgehead atoms. The number of rotatable bonds is 4. The minimum Gasteiger partial charge on any atom is -0.328 e. The Morgan fingerprint density at radius 1 is 1.20 bits per heavy atom. The number of carbonyl (C=O) groups is 1. The number of benzene rings is 2. The van der Waals surface area contributed by atoms with Crippen molar-refractivity contribution in [2.45, 2.75) is 18.9 Å². The zero-order valence-electron chi connectivity index (χ0n) is 13.6. The average Bonchev–Trinajstić information content (AvgIpc) is 3.07. The molecule has 1 atom stereocenters. The molecule has 0 radical (unpaired) electrons. The van der Waals surface area contributed by atoms with Crippen molar-refractivity contribution in [3.63, 3.8) is 0 Å². The van der Waals surface area contributed by atoms with Crippen LogP contribution in [0.3, 0.4) is 0 Å². The molecule has 0 N–H and O–H groups in total. The SMILES string of the molecule is C#CCCC(=O)N1CC(c2cc(F)ccc2F)=C[C@H]1c1ccccc1. The second-order valence-electron chi connectivity index (χ2n) is 5.90. The normalized spacial score (nSPS) is 16.4. The molecule has 1 heterocycles. The van der Waals surface area contributed by atoms with Gasteiger partial charge in [-0.15, -0.1) is 12.3 Å². The van der Waals surface area contributed by atoms with Gasteiger partial charge in [-0.3, -0.25) is 4.79 Å². The fraction of sp³-hybridized carbons (Fsp3) is 0.190. The van der Waals surface area contributed by atoms with E-state index in [1.165, 1.54) is 6.07 Å². The predicted octanol–water partition coefficient (Wildman–Crippen LogP) is 4.35. The van der Waals surface area contributed by atoms with Crippen molar-refractivity contribution in [2.24, 2.45) is 0 Å². The van der Waals surface area contributed by atoms with Crippen LogP contribution in [0.2, 0.25) is 0 Å². The first-order valence-corrected chi connectivity index (χ1v) is 8.04. The van der Waals surface area contributed by atoms with Crippen molar-refractivity contribution in [3.05, 3.63) is 77.4 Å². The number of halogens is 2. The fourth-order valence-corrected chi connectivity index (χ4v) is 3.03. The molecule has 0 saturated heterocycles. The van der Waals surface area contributed by atoms with E-state index in [4.69, 9.17) is 6.42 Å². The molecule has 126 valence electrons. The third-order valence-electron chi connectivity index (χ3n) is 4.25. The van der Waals surface area contributed by atoms with Gasteiger partial charge in [0.2, 0.25) is 5.91 Å². The van der Waals surface area contributed by atoms with Crippen LogP contribution in [0.5, 0.6) is 0 Å². The number of nitrogens with zero attached hydrogens (tertiary/aromatic N) is 1. The average molecular weight is 337 g/mol. The van der Waals surface area contributed by atoms with Gasteiger partial charge in [-0.05, 0) is 29.3 Å². The molecule has 2 aromatic carbocycles. The van der Waals surface area contributed by atoms with Gasteiger partial charge in [-0.25, -0.2) is 8.78 Å². The highest BCUT2D eigenvalue weighted by Crippen LogP contribution is 2.36. The molecule has 0 fully saturated rings. The second-order valence-corrected chi connectivity index (χ2v) is 5.90. The van der Waals surface area contributed by atoms with Crippen molar-refractivity contribution < 1.29 is 13.6 Å². The number of hydrogen-bond donors (Lipinski definition) is 0. The van der Waals surface area contributed by atoms with E-state index in [0.717, 1.165) is 17.7 Å². The molecule has 0 aliphatic carbocycles. The Balaban J connectivity index is 1.97. The van der Waals surface area contributed by atoms with Crippen LogP contribution in [0.1, 0.15) is 30.0 Å². The summed E-state index contributed by atoms with van der Waals surface area (Å²) >= 11 is 0. The largest absolute Gasteiger partial charge is 0.328 e. The summed E-state index contributed by atoms with van der Waals surface area (Å²) in [6.07, 6.45) is 7.65. The smallest absolute Gasteiger partial charge is 0.224 e. The molecule has 0 saturated carbocycles. The summed E-state index contributed by atoms with van der Waals surface area (Å²) in [6, 6.07) is 12.5. The monoisotopic (exact) mass is 337 g/mol. The van der Waals surface area contributed by atoms with Gasteiger partial charge >= 0.3 is 0 Å². The molecular weight excluding hydrogens is 320 g/mol. The first-order valence-electron chi connectivity index (χ1n) is 8.04. The van der Waals surface area contributed by atoms with Crippen molar-refractivity contribution >= 4 is 11.5 Å². The summed E-state index contributed by atoms with van der Waals surface area (Å²) in [5.41, 5.74) is 1.71. The van der Waals surface area contributed by atoms with E-state index in [1.54, 1.807) is 4.90 Å². The summed E-state index contributed by atoms with van der Waals surface area (Å²) < 4.78 is 27.7. The van der Waals surface area contributed by atoms with E-state index >= 15 is 0 Å². The highest BCUT2D eigenvalue weighted by Gasteiger charge is 2.31. The quantitative estimate of drug-likeness (QED) is 0.760.